The molecule has 0 bridgehead atoms. The van der Waals surface area contributed by atoms with Crippen LogP contribution in [0.15, 0.2) is 24.4 Å². The standard InChI is InChI=1S/C12H13NO3/c1-3-16-12(14)8-7-13-9-5-4-6-10(15-2)11(8)9/h4-7,13H,3H2,1-2H3. The molecule has 1 aromatic heterocycles. The smallest absolute Gasteiger partial charge is 0.340 e. The lowest BCUT2D eigenvalue weighted by molar-refractivity contribution is 0.0528. The lowest BCUT2D eigenvalue weighted by atomic mass is 10.1. The van der Waals surface area contributed by atoms with Crippen LogP contribution in [0.1, 0.15) is 17.3 Å². The normalized spacial score (nSPS) is 10.4. The highest BCUT2D eigenvalue weighted by Gasteiger charge is 2.16. The maximum absolute atomic E-state index is 11.7. The summed E-state index contributed by atoms with van der Waals surface area (Å²) in [6.45, 7) is 2.14. The van der Waals surface area contributed by atoms with Crippen LogP contribution in [0.3, 0.4) is 0 Å². The Morgan fingerprint density at radius 1 is 1.44 bits per heavy atom. The molecule has 1 heterocycles. The Labute approximate surface area is 93.2 Å². The Kier molecular flexibility index (Phi) is 2.81. The van der Waals surface area contributed by atoms with Gasteiger partial charge in [0.05, 0.1) is 30.2 Å². The monoisotopic (exact) mass is 219 g/mol. The summed E-state index contributed by atoms with van der Waals surface area (Å²) in [6, 6.07) is 5.58. The number of H-pyrrole nitrogens is 1. The average Bonchev–Trinajstić information content (AvgIpc) is 2.72. The van der Waals surface area contributed by atoms with Crippen molar-refractivity contribution in [3.8, 4) is 5.75 Å². The molecule has 0 aliphatic carbocycles. The number of esters is 1. The Morgan fingerprint density at radius 2 is 2.25 bits per heavy atom. The second-order valence-corrected chi connectivity index (χ2v) is 3.31. The largest absolute Gasteiger partial charge is 0.496 e. The number of aromatic amines is 1. The molecule has 0 atom stereocenters. The second-order valence-electron chi connectivity index (χ2n) is 3.31. The minimum Gasteiger partial charge on any atom is -0.496 e. The van der Waals surface area contributed by atoms with Gasteiger partial charge >= 0.3 is 5.97 Å². The summed E-state index contributed by atoms with van der Waals surface area (Å²) in [5.74, 6) is 0.333. The summed E-state index contributed by atoms with van der Waals surface area (Å²) >= 11 is 0. The Morgan fingerprint density at radius 3 is 2.94 bits per heavy atom. The van der Waals surface area contributed by atoms with Crippen molar-refractivity contribution in [1.29, 1.82) is 0 Å². The predicted molar refractivity (Wildman–Crippen MR) is 60.8 cm³/mol. The highest BCUT2D eigenvalue weighted by molar-refractivity contribution is 6.06. The zero-order valence-electron chi connectivity index (χ0n) is 9.24. The molecule has 1 N–H and O–H groups in total. The van der Waals surface area contributed by atoms with Gasteiger partial charge in [0.1, 0.15) is 5.75 Å². The van der Waals surface area contributed by atoms with Gasteiger partial charge in [0.25, 0.3) is 0 Å². The molecule has 0 aliphatic rings. The first-order chi connectivity index (χ1) is 7.77. The quantitative estimate of drug-likeness (QED) is 0.806. The third-order valence-electron chi connectivity index (χ3n) is 2.38. The van der Waals surface area contributed by atoms with Gasteiger partial charge in [-0.1, -0.05) is 6.07 Å². The number of carbonyl (C=O) groups excluding carboxylic acids is 1. The van der Waals surface area contributed by atoms with E-state index in [1.54, 1.807) is 20.2 Å². The van der Waals surface area contributed by atoms with Gasteiger partial charge in [-0.3, -0.25) is 0 Å². The molecule has 0 amide bonds. The summed E-state index contributed by atoms with van der Waals surface area (Å²) in [7, 11) is 1.58. The molecule has 4 nitrogen and oxygen atoms in total. The van der Waals surface area contributed by atoms with Gasteiger partial charge in [0.2, 0.25) is 0 Å². The fourth-order valence-electron chi connectivity index (χ4n) is 1.69. The van der Waals surface area contributed by atoms with Crippen molar-refractivity contribution >= 4 is 16.9 Å². The molecule has 84 valence electrons. The molecular weight excluding hydrogens is 206 g/mol. The lowest BCUT2D eigenvalue weighted by Crippen LogP contribution is -2.03. The van der Waals surface area contributed by atoms with Crippen molar-refractivity contribution in [1.82, 2.24) is 4.98 Å². The molecule has 4 heteroatoms. The SMILES string of the molecule is CCOC(=O)c1c[nH]c2cccc(OC)c12. The molecule has 2 aromatic rings. The molecule has 1 aromatic carbocycles. The molecule has 0 aliphatic heterocycles. The van der Waals surface area contributed by atoms with E-state index < -0.39 is 0 Å². The number of rotatable bonds is 3. The van der Waals surface area contributed by atoms with E-state index in [-0.39, 0.29) is 5.97 Å². The Bertz CT molecular complexity index is 516. The molecule has 0 saturated carbocycles. The van der Waals surface area contributed by atoms with E-state index in [1.807, 2.05) is 18.2 Å². The highest BCUT2D eigenvalue weighted by Crippen LogP contribution is 2.28. The predicted octanol–water partition coefficient (Wildman–Crippen LogP) is 2.35. The molecule has 0 spiro atoms. The summed E-state index contributed by atoms with van der Waals surface area (Å²) in [5.41, 5.74) is 1.37. The van der Waals surface area contributed by atoms with Crippen molar-refractivity contribution in [2.75, 3.05) is 13.7 Å². The Hall–Kier alpha value is -1.97. The molecule has 0 saturated heterocycles. The van der Waals surface area contributed by atoms with Gasteiger partial charge in [-0.2, -0.15) is 0 Å². The zero-order valence-corrected chi connectivity index (χ0v) is 9.24. The third kappa shape index (κ3) is 1.62. The molecule has 2 rings (SSSR count). The number of fused-ring (bicyclic) bond motifs is 1. The maximum atomic E-state index is 11.7. The van der Waals surface area contributed by atoms with Gasteiger partial charge in [-0.05, 0) is 19.1 Å². The van der Waals surface area contributed by atoms with Gasteiger partial charge in [-0.25, -0.2) is 4.79 Å². The third-order valence-corrected chi connectivity index (χ3v) is 2.38. The van der Waals surface area contributed by atoms with Gasteiger partial charge in [-0.15, -0.1) is 0 Å². The topological polar surface area (TPSA) is 51.3 Å². The summed E-state index contributed by atoms with van der Waals surface area (Å²) < 4.78 is 10.2. The van der Waals surface area contributed by atoms with Crippen LogP contribution in [0.4, 0.5) is 0 Å². The first-order valence-electron chi connectivity index (χ1n) is 5.09. The molecule has 0 radical (unpaired) electrons. The summed E-state index contributed by atoms with van der Waals surface area (Å²) in [6.07, 6.45) is 1.64. The van der Waals surface area contributed by atoms with Crippen molar-refractivity contribution in [3.63, 3.8) is 0 Å². The van der Waals surface area contributed by atoms with E-state index in [4.69, 9.17) is 9.47 Å². The first kappa shape index (κ1) is 10.5. The van der Waals surface area contributed by atoms with Crippen LogP contribution in [0.25, 0.3) is 10.9 Å². The van der Waals surface area contributed by atoms with Crippen LogP contribution in [0, 0.1) is 0 Å². The first-order valence-corrected chi connectivity index (χ1v) is 5.09. The van der Waals surface area contributed by atoms with E-state index in [0.717, 1.165) is 10.9 Å². The fourth-order valence-corrected chi connectivity index (χ4v) is 1.69. The van der Waals surface area contributed by atoms with E-state index >= 15 is 0 Å². The van der Waals surface area contributed by atoms with Crippen LogP contribution in [0.2, 0.25) is 0 Å². The number of ether oxygens (including phenoxy) is 2. The van der Waals surface area contributed by atoms with E-state index in [9.17, 15) is 4.79 Å². The number of hydrogen-bond donors (Lipinski definition) is 1. The van der Waals surface area contributed by atoms with Crippen molar-refractivity contribution in [3.05, 3.63) is 30.0 Å². The van der Waals surface area contributed by atoms with Crippen LogP contribution >= 0.6 is 0 Å². The molecule has 16 heavy (non-hydrogen) atoms. The number of aromatic nitrogens is 1. The van der Waals surface area contributed by atoms with Gasteiger partial charge < -0.3 is 14.5 Å². The maximum Gasteiger partial charge on any atom is 0.340 e. The van der Waals surface area contributed by atoms with Crippen LogP contribution in [0.5, 0.6) is 5.75 Å². The summed E-state index contributed by atoms with van der Waals surface area (Å²) in [5, 5.41) is 0.767. The van der Waals surface area contributed by atoms with Crippen LogP contribution < -0.4 is 4.74 Å². The van der Waals surface area contributed by atoms with Gasteiger partial charge in [0, 0.05) is 6.20 Å². The molecular formula is C12H13NO3. The van der Waals surface area contributed by atoms with E-state index in [0.29, 0.717) is 17.9 Å². The second kappa shape index (κ2) is 4.26. The Balaban J connectivity index is 2.58. The van der Waals surface area contributed by atoms with Crippen LogP contribution in [-0.2, 0) is 4.74 Å². The number of carbonyl (C=O) groups is 1. The van der Waals surface area contributed by atoms with Crippen molar-refractivity contribution in [2.45, 2.75) is 6.92 Å². The number of benzene rings is 1. The number of hydrogen-bond acceptors (Lipinski definition) is 3. The van der Waals surface area contributed by atoms with E-state index in [1.165, 1.54) is 0 Å². The molecule has 0 fully saturated rings. The minimum atomic E-state index is -0.335. The van der Waals surface area contributed by atoms with Crippen molar-refractivity contribution < 1.29 is 14.3 Å². The van der Waals surface area contributed by atoms with Crippen LogP contribution in [-0.4, -0.2) is 24.7 Å². The fraction of sp³-hybridized carbons (Fsp3) is 0.250. The molecule has 0 unspecified atom stereocenters. The average molecular weight is 219 g/mol. The zero-order chi connectivity index (χ0) is 11.5. The number of methoxy groups -OCH3 is 1. The number of nitrogens with one attached hydrogen (secondary N) is 1. The minimum absolute atomic E-state index is 0.335. The highest BCUT2D eigenvalue weighted by atomic mass is 16.5. The van der Waals surface area contributed by atoms with Gasteiger partial charge in [0.15, 0.2) is 0 Å². The van der Waals surface area contributed by atoms with E-state index in [2.05, 4.69) is 4.98 Å². The van der Waals surface area contributed by atoms with Crippen molar-refractivity contribution in [2.24, 2.45) is 0 Å². The lowest BCUT2D eigenvalue weighted by Gasteiger charge is -2.04. The summed E-state index contributed by atoms with van der Waals surface area (Å²) in [4.78, 5) is 14.7.